The first-order chi connectivity index (χ1) is 12.1. The Hall–Kier alpha value is -2.38. The number of ether oxygens (including phenoxy) is 2. The summed E-state index contributed by atoms with van der Waals surface area (Å²) in [6.07, 6.45) is -0.827. The van der Waals surface area contributed by atoms with E-state index in [1.165, 1.54) is 11.8 Å². The number of carbonyl (C=O) groups is 2. The lowest BCUT2D eigenvalue weighted by Crippen LogP contribution is -2.51. The summed E-state index contributed by atoms with van der Waals surface area (Å²) in [5.41, 5.74) is 4.70. The summed E-state index contributed by atoms with van der Waals surface area (Å²) in [7, 11) is 0. The summed E-state index contributed by atoms with van der Waals surface area (Å²) in [6, 6.07) is 14.3. The van der Waals surface area contributed by atoms with Crippen LogP contribution in [0.15, 0.2) is 53.4 Å². The van der Waals surface area contributed by atoms with Crippen molar-refractivity contribution in [1.29, 1.82) is 0 Å². The van der Waals surface area contributed by atoms with E-state index in [9.17, 15) is 9.59 Å². The van der Waals surface area contributed by atoms with E-state index in [1.54, 1.807) is 24.3 Å². The summed E-state index contributed by atoms with van der Waals surface area (Å²) in [4.78, 5) is 24.7. The monoisotopic (exact) mass is 378 g/mol. The number of benzene rings is 2. The molecule has 2 aromatic rings. The van der Waals surface area contributed by atoms with Gasteiger partial charge in [-0.25, -0.2) is 0 Å². The number of thioether (sulfide) groups is 1. The highest BCUT2D eigenvalue weighted by molar-refractivity contribution is 8.00. The van der Waals surface area contributed by atoms with Crippen LogP contribution >= 0.6 is 23.4 Å². The molecule has 0 aromatic heterocycles. The Morgan fingerprint density at radius 1 is 1.08 bits per heavy atom. The van der Waals surface area contributed by atoms with Gasteiger partial charge in [-0.05, 0) is 24.3 Å². The minimum absolute atomic E-state index is 0.0765. The number of hydrazine groups is 1. The second kappa shape index (κ2) is 8.13. The normalized spacial score (nSPS) is 15.3. The van der Waals surface area contributed by atoms with Gasteiger partial charge in [0.05, 0.1) is 10.8 Å². The van der Waals surface area contributed by atoms with Gasteiger partial charge in [-0.3, -0.25) is 20.4 Å². The smallest absolute Gasteiger partial charge is 0.283 e. The fourth-order valence-electron chi connectivity index (χ4n) is 2.10. The molecule has 1 aliphatic rings. The molecular formula is C17H15ClN2O4S. The van der Waals surface area contributed by atoms with Gasteiger partial charge in [0.15, 0.2) is 11.5 Å². The van der Waals surface area contributed by atoms with Gasteiger partial charge in [0.1, 0.15) is 6.61 Å². The second-order valence-corrected chi connectivity index (χ2v) is 6.55. The first-order valence-electron chi connectivity index (χ1n) is 7.48. The van der Waals surface area contributed by atoms with E-state index >= 15 is 0 Å². The highest BCUT2D eigenvalue weighted by Gasteiger charge is 2.27. The summed E-state index contributed by atoms with van der Waals surface area (Å²) >= 11 is 7.31. The number of hydrogen-bond acceptors (Lipinski definition) is 5. The van der Waals surface area contributed by atoms with Crippen molar-refractivity contribution in [3.63, 3.8) is 0 Å². The van der Waals surface area contributed by atoms with Crippen LogP contribution in [0.25, 0.3) is 0 Å². The van der Waals surface area contributed by atoms with E-state index in [0.29, 0.717) is 16.5 Å². The van der Waals surface area contributed by atoms with Gasteiger partial charge in [-0.15, -0.1) is 11.8 Å². The van der Waals surface area contributed by atoms with Crippen molar-refractivity contribution < 1.29 is 19.1 Å². The van der Waals surface area contributed by atoms with Crippen LogP contribution in [0.4, 0.5) is 0 Å². The molecule has 2 amide bonds. The summed E-state index contributed by atoms with van der Waals surface area (Å²) in [5.74, 6) is 0.372. The zero-order valence-corrected chi connectivity index (χ0v) is 14.6. The van der Waals surface area contributed by atoms with Crippen molar-refractivity contribution in [2.75, 3.05) is 12.4 Å². The second-order valence-electron chi connectivity index (χ2n) is 5.12. The van der Waals surface area contributed by atoms with Crippen molar-refractivity contribution in [2.24, 2.45) is 0 Å². The topological polar surface area (TPSA) is 76.7 Å². The fourth-order valence-corrected chi connectivity index (χ4v) is 3.14. The van der Waals surface area contributed by atoms with Crippen molar-refractivity contribution in [2.45, 2.75) is 11.0 Å². The zero-order chi connectivity index (χ0) is 17.6. The maximum absolute atomic E-state index is 12.1. The minimum atomic E-state index is -0.827. The molecule has 0 radical (unpaired) electrons. The number of rotatable bonds is 4. The predicted molar refractivity (Wildman–Crippen MR) is 94.8 cm³/mol. The molecule has 0 aliphatic carbocycles. The standard InChI is InChI=1S/C17H15ClN2O4S/c18-11-5-1-4-8-15(11)25-10-16(21)19-20-17(22)14-9-23-12-6-2-3-7-13(12)24-14/h1-8,14H,9-10H2,(H,19,21)(H,20,22)/t14-/m1/s1. The van der Waals surface area contributed by atoms with Gasteiger partial charge in [0.2, 0.25) is 12.0 Å². The molecule has 0 bridgehead atoms. The van der Waals surface area contributed by atoms with E-state index in [-0.39, 0.29) is 18.3 Å². The van der Waals surface area contributed by atoms with E-state index in [0.717, 1.165) is 4.90 Å². The van der Waals surface area contributed by atoms with Crippen LogP contribution in [0.3, 0.4) is 0 Å². The van der Waals surface area contributed by atoms with Gasteiger partial charge < -0.3 is 9.47 Å². The molecule has 25 heavy (non-hydrogen) atoms. The average molecular weight is 379 g/mol. The van der Waals surface area contributed by atoms with Crippen LogP contribution in [0.2, 0.25) is 5.02 Å². The lowest BCUT2D eigenvalue weighted by Gasteiger charge is -2.25. The Kier molecular flexibility index (Phi) is 5.67. The lowest BCUT2D eigenvalue weighted by molar-refractivity contribution is -0.134. The molecule has 2 N–H and O–H groups in total. The van der Waals surface area contributed by atoms with Crippen molar-refractivity contribution in [3.05, 3.63) is 53.6 Å². The molecule has 3 rings (SSSR count). The maximum Gasteiger partial charge on any atom is 0.283 e. The van der Waals surface area contributed by atoms with E-state index < -0.39 is 12.0 Å². The molecule has 1 atom stereocenters. The van der Waals surface area contributed by atoms with Crippen molar-refractivity contribution in [1.82, 2.24) is 10.9 Å². The van der Waals surface area contributed by atoms with Gasteiger partial charge in [0.25, 0.3) is 5.91 Å². The van der Waals surface area contributed by atoms with Crippen LogP contribution in [0.1, 0.15) is 0 Å². The van der Waals surface area contributed by atoms with Gasteiger partial charge in [0, 0.05) is 4.90 Å². The molecule has 1 aliphatic heterocycles. The Bertz CT molecular complexity index is 787. The Balaban J connectivity index is 1.45. The highest BCUT2D eigenvalue weighted by atomic mass is 35.5. The number of fused-ring (bicyclic) bond motifs is 1. The zero-order valence-electron chi connectivity index (χ0n) is 13.0. The Morgan fingerprint density at radius 2 is 1.80 bits per heavy atom. The van der Waals surface area contributed by atoms with Gasteiger partial charge in [-0.1, -0.05) is 35.9 Å². The number of amides is 2. The summed E-state index contributed by atoms with van der Waals surface area (Å²) in [5, 5.41) is 0.579. The van der Waals surface area contributed by atoms with Crippen LogP contribution < -0.4 is 20.3 Å². The predicted octanol–water partition coefficient (Wildman–Crippen LogP) is 2.42. The minimum Gasteiger partial charge on any atom is -0.485 e. The molecule has 0 saturated heterocycles. The fraction of sp³-hybridized carbons (Fsp3) is 0.176. The molecule has 1 heterocycles. The van der Waals surface area contributed by atoms with Gasteiger partial charge >= 0.3 is 0 Å². The van der Waals surface area contributed by atoms with E-state index in [4.69, 9.17) is 21.1 Å². The van der Waals surface area contributed by atoms with Crippen LogP contribution in [0, 0.1) is 0 Å². The molecule has 6 nitrogen and oxygen atoms in total. The average Bonchev–Trinajstić information content (AvgIpc) is 2.65. The van der Waals surface area contributed by atoms with E-state index in [2.05, 4.69) is 10.9 Å². The maximum atomic E-state index is 12.1. The Labute approximate surface area is 153 Å². The molecule has 0 fully saturated rings. The molecular weight excluding hydrogens is 364 g/mol. The largest absolute Gasteiger partial charge is 0.485 e. The molecule has 0 saturated carbocycles. The first-order valence-corrected chi connectivity index (χ1v) is 8.84. The molecule has 2 aromatic carbocycles. The van der Waals surface area contributed by atoms with Crippen LogP contribution in [-0.2, 0) is 9.59 Å². The third-order valence-corrected chi connectivity index (χ3v) is 4.84. The number of carbonyl (C=O) groups excluding carboxylic acids is 2. The number of para-hydroxylation sites is 2. The third-order valence-electron chi connectivity index (χ3n) is 3.32. The highest BCUT2D eigenvalue weighted by Crippen LogP contribution is 2.30. The molecule has 130 valence electrons. The first kappa shape index (κ1) is 17.4. The van der Waals surface area contributed by atoms with Crippen molar-refractivity contribution in [3.8, 4) is 11.5 Å². The van der Waals surface area contributed by atoms with Crippen LogP contribution in [0.5, 0.6) is 11.5 Å². The lowest BCUT2D eigenvalue weighted by atomic mass is 10.2. The number of nitrogens with one attached hydrogen (secondary N) is 2. The quantitative estimate of drug-likeness (QED) is 0.631. The molecule has 0 spiro atoms. The van der Waals surface area contributed by atoms with Gasteiger partial charge in [-0.2, -0.15) is 0 Å². The molecule has 0 unspecified atom stereocenters. The molecule has 8 heteroatoms. The van der Waals surface area contributed by atoms with Crippen LogP contribution in [-0.4, -0.2) is 30.3 Å². The third kappa shape index (κ3) is 4.58. The summed E-state index contributed by atoms with van der Waals surface area (Å²) < 4.78 is 11.0. The number of hydrogen-bond donors (Lipinski definition) is 2. The summed E-state index contributed by atoms with van der Waals surface area (Å²) in [6.45, 7) is 0.0765. The number of halogens is 1. The van der Waals surface area contributed by atoms with Crippen molar-refractivity contribution >= 4 is 35.2 Å². The Morgan fingerprint density at radius 3 is 2.60 bits per heavy atom. The SMILES string of the molecule is O=C(CSc1ccccc1Cl)NNC(=O)[C@H]1COc2ccccc2O1. The van der Waals surface area contributed by atoms with E-state index in [1.807, 2.05) is 24.3 Å².